The number of rotatable bonds is 5. The molecule has 0 unspecified atom stereocenters. The smallest absolute Gasteiger partial charge is 0.338 e. The van der Waals surface area contributed by atoms with Gasteiger partial charge in [0.2, 0.25) is 9.84 Å². The zero-order valence-corrected chi connectivity index (χ0v) is 15.6. The number of amides is 1. The Kier molecular flexibility index (Phi) is 5.00. The molecule has 0 aliphatic carbocycles. The summed E-state index contributed by atoms with van der Waals surface area (Å²) >= 11 is 0. The first-order valence-corrected chi connectivity index (χ1v) is 9.73. The minimum atomic E-state index is -3.92. The van der Waals surface area contributed by atoms with Crippen LogP contribution in [0.5, 0.6) is 0 Å². The summed E-state index contributed by atoms with van der Waals surface area (Å²) < 4.78 is 30.5. The number of likely N-dealkylation sites (N-methyl/N-ethyl adjacent to an activating group) is 1. The Balaban J connectivity index is 2.03. The van der Waals surface area contributed by atoms with Gasteiger partial charge in [-0.15, -0.1) is 0 Å². The molecule has 0 bridgehead atoms. The van der Waals surface area contributed by atoms with Gasteiger partial charge in [-0.05, 0) is 37.3 Å². The van der Waals surface area contributed by atoms with Gasteiger partial charge in [-0.1, -0.05) is 18.2 Å². The van der Waals surface area contributed by atoms with Crippen LogP contribution in [0.25, 0.3) is 5.70 Å². The fourth-order valence-electron chi connectivity index (χ4n) is 2.80. The molecule has 140 valence electrons. The summed E-state index contributed by atoms with van der Waals surface area (Å²) in [6.45, 7) is 1.99. The third kappa shape index (κ3) is 3.31. The van der Waals surface area contributed by atoms with Gasteiger partial charge in [-0.25, -0.2) is 13.2 Å². The zero-order chi connectivity index (χ0) is 19.6. The van der Waals surface area contributed by atoms with Crippen molar-refractivity contribution in [1.29, 1.82) is 0 Å². The van der Waals surface area contributed by atoms with E-state index in [0.29, 0.717) is 16.8 Å². The number of sulfone groups is 1. The number of esters is 1. The molecule has 0 radical (unpaired) electrons. The van der Waals surface area contributed by atoms with Gasteiger partial charge in [-0.2, -0.15) is 0 Å². The van der Waals surface area contributed by atoms with Gasteiger partial charge in [0.05, 0.1) is 22.8 Å². The summed E-state index contributed by atoms with van der Waals surface area (Å²) in [7, 11) is -2.55. The van der Waals surface area contributed by atoms with Gasteiger partial charge < -0.3 is 15.4 Å². The molecule has 0 aromatic heterocycles. The Labute approximate surface area is 157 Å². The number of ether oxygens (including phenoxy) is 1. The maximum absolute atomic E-state index is 12.8. The molecule has 27 heavy (non-hydrogen) atoms. The quantitative estimate of drug-likeness (QED) is 0.764. The van der Waals surface area contributed by atoms with Gasteiger partial charge in [-0.3, -0.25) is 4.79 Å². The van der Waals surface area contributed by atoms with Crippen LogP contribution in [0.15, 0.2) is 58.3 Å². The molecule has 2 aromatic carbocycles. The van der Waals surface area contributed by atoms with Crippen molar-refractivity contribution in [3.8, 4) is 0 Å². The molecule has 2 N–H and O–H groups in total. The third-order valence-electron chi connectivity index (χ3n) is 4.04. The number of hydrogen-bond acceptors (Lipinski definition) is 6. The van der Waals surface area contributed by atoms with E-state index in [1.54, 1.807) is 49.4 Å². The van der Waals surface area contributed by atoms with E-state index < -0.39 is 21.7 Å². The lowest BCUT2D eigenvalue weighted by molar-refractivity contribution is -0.116. The maximum Gasteiger partial charge on any atom is 0.338 e. The standard InChI is InChI=1S/C19H18N2O5S/c1-3-26-19(23)12-8-10-13(11-9-12)21-16-14-6-4-5-7-15(14)27(24,25)17(16)18(22)20-2/h4-11,21H,3H2,1-2H3,(H,20,22). The van der Waals surface area contributed by atoms with Crippen LogP contribution in [0.2, 0.25) is 0 Å². The van der Waals surface area contributed by atoms with Crippen LogP contribution in [0.3, 0.4) is 0 Å². The van der Waals surface area contributed by atoms with E-state index in [1.165, 1.54) is 13.1 Å². The van der Waals surface area contributed by atoms with Crippen LogP contribution >= 0.6 is 0 Å². The molecule has 0 atom stereocenters. The highest BCUT2D eigenvalue weighted by Crippen LogP contribution is 2.39. The van der Waals surface area contributed by atoms with Gasteiger partial charge in [0, 0.05) is 18.3 Å². The first-order chi connectivity index (χ1) is 12.9. The number of carbonyl (C=O) groups is 2. The molecule has 7 nitrogen and oxygen atoms in total. The third-order valence-corrected chi connectivity index (χ3v) is 5.90. The average molecular weight is 386 g/mol. The van der Waals surface area contributed by atoms with Crippen LogP contribution < -0.4 is 10.6 Å². The molecule has 1 amide bonds. The summed E-state index contributed by atoms with van der Waals surface area (Å²) in [4.78, 5) is 23.8. The monoisotopic (exact) mass is 386 g/mol. The van der Waals surface area contributed by atoms with E-state index in [4.69, 9.17) is 4.74 Å². The largest absolute Gasteiger partial charge is 0.462 e. The van der Waals surface area contributed by atoms with Crippen LogP contribution in [-0.4, -0.2) is 33.9 Å². The number of benzene rings is 2. The molecule has 1 heterocycles. The summed E-state index contributed by atoms with van der Waals surface area (Å²) in [5, 5.41) is 5.38. The van der Waals surface area contributed by atoms with E-state index in [9.17, 15) is 18.0 Å². The Bertz CT molecular complexity index is 1040. The number of anilines is 1. The van der Waals surface area contributed by atoms with Crippen LogP contribution in [0.1, 0.15) is 22.8 Å². The zero-order valence-electron chi connectivity index (χ0n) is 14.8. The van der Waals surface area contributed by atoms with Gasteiger partial charge in [0.25, 0.3) is 5.91 Å². The molecule has 0 saturated heterocycles. The predicted octanol–water partition coefficient (Wildman–Crippen LogP) is 2.18. The highest BCUT2D eigenvalue weighted by atomic mass is 32.2. The van der Waals surface area contributed by atoms with Gasteiger partial charge in [0.1, 0.15) is 0 Å². The second-order valence-electron chi connectivity index (χ2n) is 5.71. The molecular weight excluding hydrogens is 368 g/mol. The average Bonchev–Trinajstić information content (AvgIpc) is 2.89. The highest BCUT2D eigenvalue weighted by molar-refractivity contribution is 7.97. The molecule has 8 heteroatoms. The van der Waals surface area contributed by atoms with Crippen molar-refractivity contribution in [3.05, 3.63) is 64.6 Å². The van der Waals surface area contributed by atoms with Crippen molar-refractivity contribution in [3.63, 3.8) is 0 Å². The fraction of sp³-hybridized carbons (Fsp3) is 0.158. The van der Waals surface area contributed by atoms with Crippen molar-refractivity contribution in [2.45, 2.75) is 11.8 Å². The van der Waals surface area contributed by atoms with Crippen molar-refractivity contribution in [2.24, 2.45) is 0 Å². The summed E-state index contributed by atoms with van der Waals surface area (Å²) in [6, 6.07) is 12.8. The fourth-order valence-corrected chi connectivity index (χ4v) is 4.51. The molecule has 1 aliphatic heterocycles. The Morgan fingerprint density at radius 3 is 2.33 bits per heavy atom. The molecule has 0 saturated carbocycles. The van der Waals surface area contributed by atoms with Crippen LogP contribution in [0.4, 0.5) is 5.69 Å². The number of carbonyl (C=O) groups excluding carboxylic acids is 2. The van der Waals surface area contributed by atoms with E-state index in [0.717, 1.165) is 0 Å². The Morgan fingerprint density at radius 2 is 1.70 bits per heavy atom. The van der Waals surface area contributed by atoms with Crippen molar-refractivity contribution >= 4 is 33.1 Å². The number of nitrogens with one attached hydrogen (secondary N) is 2. The second kappa shape index (κ2) is 7.24. The predicted molar refractivity (Wildman–Crippen MR) is 101 cm³/mol. The molecule has 1 aliphatic rings. The van der Waals surface area contributed by atoms with Gasteiger partial charge in [0.15, 0.2) is 4.91 Å². The number of hydrogen-bond donors (Lipinski definition) is 2. The second-order valence-corrected chi connectivity index (χ2v) is 7.56. The lowest BCUT2D eigenvalue weighted by Crippen LogP contribution is -2.24. The van der Waals surface area contributed by atoms with Gasteiger partial charge >= 0.3 is 5.97 Å². The van der Waals surface area contributed by atoms with E-state index in [-0.39, 0.29) is 22.1 Å². The van der Waals surface area contributed by atoms with Crippen molar-refractivity contribution < 1.29 is 22.7 Å². The molecule has 0 fully saturated rings. The first-order valence-electron chi connectivity index (χ1n) is 8.25. The van der Waals surface area contributed by atoms with Crippen LogP contribution in [0, 0.1) is 0 Å². The van der Waals surface area contributed by atoms with Crippen molar-refractivity contribution in [2.75, 3.05) is 19.0 Å². The first kappa shape index (κ1) is 18.7. The molecule has 0 spiro atoms. The normalized spacial score (nSPS) is 14.4. The molecular formula is C19H18N2O5S. The summed E-state index contributed by atoms with van der Waals surface area (Å²) in [6.07, 6.45) is 0. The van der Waals surface area contributed by atoms with Crippen LogP contribution in [-0.2, 0) is 19.4 Å². The maximum atomic E-state index is 12.8. The summed E-state index contributed by atoms with van der Waals surface area (Å²) in [5.74, 6) is -1.14. The molecule has 3 rings (SSSR count). The Hall–Kier alpha value is -3.13. The minimum Gasteiger partial charge on any atom is -0.462 e. The Morgan fingerprint density at radius 1 is 1.04 bits per heavy atom. The highest BCUT2D eigenvalue weighted by Gasteiger charge is 2.39. The lowest BCUT2D eigenvalue weighted by atomic mass is 10.1. The van der Waals surface area contributed by atoms with E-state index in [2.05, 4.69) is 10.6 Å². The minimum absolute atomic E-state index is 0.0780. The van der Waals surface area contributed by atoms with E-state index >= 15 is 0 Å². The lowest BCUT2D eigenvalue weighted by Gasteiger charge is -2.11. The topological polar surface area (TPSA) is 102 Å². The SMILES string of the molecule is CCOC(=O)c1ccc(NC2=C(C(=O)NC)S(=O)(=O)c3ccccc32)cc1. The number of fused-ring (bicyclic) bond motifs is 1. The van der Waals surface area contributed by atoms with E-state index in [1.807, 2.05) is 0 Å². The van der Waals surface area contributed by atoms with Crippen molar-refractivity contribution in [1.82, 2.24) is 5.32 Å². The molecule has 2 aromatic rings. The summed E-state index contributed by atoms with van der Waals surface area (Å²) in [5.41, 5.74) is 1.54.